The zero-order chi connectivity index (χ0) is 15.2. The van der Waals surface area contributed by atoms with Crippen LogP contribution in [-0.2, 0) is 0 Å². The molecule has 21 heavy (non-hydrogen) atoms. The van der Waals surface area contributed by atoms with Crippen molar-refractivity contribution in [2.75, 3.05) is 37.7 Å². The number of likely N-dealkylation sites (N-methyl/N-ethyl adjacent to an activating group) is 1. The van der Waals surface area contributed by atoms with Crippen LogP contribution in [0.15, 0.2) is 24.3 Å². The molecule has 0 radical (unpaired) electrons. The molecule has 0 spiro atoms. The van der Waals surface area contributed by atoms with Gasteiger partial charge in [0.15, 0.2) is 0 Å². The first-order chi connectivity index (χ1) is 10.1. The molecule has 6 heteroatoms. The van der Waals surface area contributed by atoms with Crippen LogP contribution in [0.4, 0.5) is 10.5 Å². The van der Waals surface area contributed by atoms with E-state index in [1.54, 1.807) is 4.90 Å². The molecule has 0 aromatic heterocycles. The van der Waals surface area contributed by atoms with Gasteiger partial charge in [0.2, 0.25) is 0 Å². The van der Waals surface area contributed by atoms with Gasteiger partial charge >= 0.3 is 6.03 Å². The van der Waals surface area contributed by atoms with Crippen LogP contribution in [0.25, 0.3) is 0 Å². The monoisotopic (exact) mass is 311 g/mol. The number of nitrogens with zero attached hydrogens (tertiary/aromatic N) is 2. The Labute approximate surface area is 130 Å². The fraction of sp³-hybridized carbons (Fsp3) is 0.533. The Balaban J connectivity index is 1.87. The van der Waals surface area contributed by atoms with Crippen molar-refractivity contribution in [3.05, 3.63) is 29.3 Å². The quantitative estimate of drug-likeness (QED) is 0.874. The van der Waals surface area contributed by atoms with Gasteiger partial charge in [-0.05, 0) is 37.6 Å². The van der Waals surface area contributed by atoms with Crippen molar-refractivity contribution in [3.8, 4) is 0 Å². The topological polar surface area (TPSA) is 55.8 Å². The summed E-state index contributed by atoms with van der Waals surface area (Å²) in [5.41, 5.74) is 1.12. The van der Waals surface area contributed by atoms with E-state index in [0.717, 1.165) is 30.2 Å². The molecule has 1 unspecified atom stereocenters. The molecule has 0 bridgehead atoms. The van der Waals surface area contributed by atoms with Gasteiger partial charge in [-0.1, -0.05) is 11.6 Å². The molecule has 1 heterocycles. The largest absolute Gasteiger partial charge is 0.395 e. The SMILES string of the molecule is CCN(CCO)C(=O)NC1CCN(c2ccc(Cl)cc2)C1. The Hall–Kier alpha value is -1.46. The van der Waals surface area contributed by atoms with Gasteiger partial charge in [0, 0.05) is 42.9 Å². The number of hydrogen-bond acceptors (Lipinski definition) is 3. The van der Waals surface area contributed by atoms with Gasteiger partial charge in [-0.15, -0.1) is 0 Å². The van der Waals surface area contributed by atoms with Crippen molar-refractivity contribution in [1.29, 1.82) is 0 Å². The van der Waals surface area contributed by atoms with E-state index >= 15 is 0 Å². The van der Waals surface area contributed by atoms with Crippen LogP contribution in [0.2, 0.25) is 5.02 Å². The van der Waals surface area contributed by atoms with Crippen molar-refractivity contribution >= 4 is 23.3 Å². The summed E-state index contributed by atoms with van der Waals surface area (Å²) in [6.45, 7) is 4.57. The Morgan fingerprint density at radius 3 is 2.81 bits per heavy atom. The molecule has 2 amide bonds. The van der Waals surface area contributed by atoms with E-state index < -0.39 is 0 Å². The van der Waals surface area contributed by atoms with E-state index in [-0.39, 0.29) is 18.7 Å². The summed E-state index contributed by atoms with van der Waals surface area (Å²) in [7, 11) is 0. The predicted octanol–water partition coefficient (Wildman–Crippen LogP) is 1.94. The number of nitrogens with one attached hydrogen (secondary N) is 1. The second-order valence-electron chi connectivity index (χ2n) is 5.16. The Kier molecular flexibility index (Phi) is 5.70. The number of amides is 2. The number of halogens is 1. The Morgan fingerprint density at radius 1 is 1.48 bits per heavy atom. The number of aliphatic hydroxyl groups excluding tert-OH is 1. The Bertz CT molecular complexity index is 466. The summed E-state index contributed by atoms with van der Waals surface area (Å²) >= 11 is 5.89. The molecule has 0 saturated carbocycles. The maximum atomic E-state index is 12.1. The summed E-state index contributed by atoms with van der Waals surface area (Å²) in [5, 5.41) is 12.7. The highest BCUT2D eigenvalue weighted by Gasteiger charge is 2.25. The molecule has 2 N–H and O–H groups in total. The van der Waals surface area contributed by atoms with E-state index in [0.29, 0.717) is 13.1 Å². The molecule has 1 aliphatic rings. The van der Waals surface area contributed by atoms with Gasteiger partial charge in [0.25, 0.3) is 0 Å². The highest BCUT2D eigenvalue weighted by Crippen LogP contribution is 2.22. The third-order valence-corrected chi connectivity index (χ3v) is 4.00. The number of hydrogen-bond donors (Lipinski definition) is 2. The third-order valence-electron chi connectivity index (χ3n) is 3.75. The number of carbonyl (C=O) groups is 1. The average molecular weight is 312 g/mol. The van der Waals surface area contributed by atoms with Gasteiger partial charge in [0.05, 0.1) is 6.61 Å². The van der Waals surface area contributed by atoms with E-state index in [1.165, 1.54) is 0 Å². The van der Waals surface area contributed by atoms with Gasteiger partial charge in [0.1, 0.15) is 0 Å². The van der Waals surface area contributed by atoms with E-state index in [1.807, 2.05) is 31.2 Å². The number of anilines is 1. The molecule has 0 aliphatic carbocycles. The fourth-order valence-corrected chi connectivity index (χ4v) is 2.68. The van der Waals surface area contributed by atoms with Crippen LogP contribution in [0.5, 0.6) is 0 Å². The second kappa shape index (κ2) is 7.52. The average Bonchev–Trinajstić information content (AvgIpc) is 2.93. The maximum absolute atomic E-state index is 12.1. The van der Waals surface area contributed by atoms with E-state index in [2.05, 4.69) is 10.2 Å². The van der Waals surface area contributed by atoms with Crippen molar-refractivity contribution in [2.45, 2.75) is 19.4 Å². The minimum absolute atomic E-state index is 0.0111. The lowest BCUT2D eigenvalue weighted by Gasteiger charge is -2.23. The molecule has 116 valence electrons. The zero-order valence-electron chi connectivity index (χ0n) is 12.3. The van der Waals surface area contributed by atoms with Crippen LogP contribution >= 0.6 is 11.6 Å². The molecule has 1 aromatic rings. The van der Waals surface area contributed by atoms with Crippen molar-refractivity contribution in [1.82, 2.24) is 10.2 Å². The Morgan fingerprint density at radius 2 is 2.19 bits per heavy atom. The molecule has 1 aliphatic heterocycles. The minimum Gasteiger partial charge on any atom is -0.395 e. The highest BCUT2D eigenvalue weighted by molar-refractivity contribution is 6.30. The summed E-state index contributed by atoms with van der Waals surface area (Å²) in [5.74, 6) is 0. The summed E-state index contributed by atoms with van der Waals surface area (Å²) < 4.78 is 0. The molecular weight excluding hydrogens is 290 g/mol. The van der Waals surface area contributed by atoms with E-state index in [9.17, 15) is 4.79 Å². The second-order valence-corrected chi connectivity index (χ2v) is 5.60. The molecule has 5 nitrogen and oxygen atoms in total. The van der Waals surface area contributed by atoms with Crippen LogP contribution in [-0.4, -0.2) is 54.9 Å². The first kappa shape index (κ1) is 15.9. The number of urea groups is 1. The molecule has 1 aromatic carbocycles. The number of carbonyl (C=O) groups excluding carboxylic acids is 1. The highest BCUT2D eigenvalue weighted by atomic mass is 35.5. The lowest BCUT2D eigenvalue weighted by atomic mass is 10.2. The minimum atomic E-state index is -0.102. The van der Waals surface area contributed by atoms with Gasteiger partial charge in [-0.2, -0.15) is 0 Å². The van der Waals surface area contributed by atoms with Crippen LogP contribution < -0.4 is 10.2 Å². The molecule has 2 rings (SSSR count). The maximum Gasteiger partial charge on any atom is 0.317 e. The van der Waals surface area contributed by atoms with Crippen LogP contribution in [0, 0.1) is 0 Å². The smallest absolute Gasteiger partial charge is 0.317 e. The number of rotatable bonds is 5. The molecule has 1 atom stereocenters. The van der Waals surface area contributed by atoms with Crippen LogP contribution in [0.3, 0.4) is 0 Å². The summed E-state index contributed by atoms with van der Waals surface area (Å²) in [6, 6.07) is 7.79. The lowest BCUT2D eigenvalue weighted by Crippen LogP contribution is -2.46. The third kappa shape index (κ3) is 4.25. The normalized spacial score (nSPS) is 17.9. The summed E-state index contributed by atoms with van der Waals surface area (Å²) in [4.78, 5) is 15.9. The first-order valence-corrected chi connectivity index (χ1v) is 7.68. The van der Waals surface area contributed by atoms with Crippen molar-refractivity contribution < 1.29 is 9.90 Å². The fourth-order valence-electron chi connectivity index (χ4n) is 2.55. The van der Waals surface area contributed by atoms with Crippen LogP contribution in [0.1, 0.15) is 13.3 Å². The molecule has 1 fully saturated rings. The van der Waals surface area contributed by atoms with Gasteiger partial charge < -0.3 is 20.2 Å². The van der Waals surface area contributed by atoms with Crippen molar-refractivity contribution in [3.63, 3.8) is 0 Å². The van der Waals surface area contributed by atoms with Crippen molar-refractivity contribution in [2.24, 2.45) is 0 Å². The van der Waals surface area contributed by atoms with Gasteiger partial charge in [-0.25, -0.2) is 4.79 Å². The number of aliphatic hydroxyl groups is 1. The first-order valence-electron chi connectivity index (χ1n) is 7.31. The summed E-state index contributed by atoms with van der Waals surface area (Å²) in [6.07, 6.45) is 0.922. The molecular formula is C15H22ClN3O2. The van der Waals surface area contributed by atoms with E-state index in [4.69, 9.17) is 16.7 Å². The lowest BCUT2D eigenvalue weighted by molar-refractivity contribution is 0.178. The molecule has 1 saturated heterocycles. The predicted molar refractivity (Wildman–Crippen MR) is 84.9 cm³/mol. The zero-order valence-corrected chi connectivity index (χ0v) is 13.0. The number of benzene rings is 1. The standard InChI is InChI=1S/C15H22ClN3O2/c1-2-18(9-10-20)15(21)17-13-7-8-19(11-13)14-5-3-12(16)4-6-14/h3-6,13,20H,2,7-11H2,1H3,(H,17,21). The van der Waals surface area contributed by atoms with Gasteiger partial charge in [-0.3, -0.25) is 0 Å².